The quantitative estimate of drug-likeness (QED) is 0.854. The van der Waals surface area contributed by atoms with Crippen LogP contribution in [0.25, 0.3) is 0 Å². The molecule has 0 saturated carbocycles. The number of anilines is 1. The molecule has 0 atom stereocenters. The first-order valence-corrected chi connectivity index (χ1v) is 8.61. The van der Waals surface area contributed by atoms with E-state index in [-0.39, 0.29) is 16.0 Å². The first kappa shape index (κ1) is 16.2. The average Bonchev–Trinajstić information content (AvgIpc) is 2.37. The molecular formula is C15H23FN2O2S. The highest BCUT2D eigenvalue weighted by Crippen LogP contribution is 2.36. The summed E-state index contributed by atoms with van der Waals surface area (Å²) in [6.45, 7) is 7.38. The summed E-state index contributed by atoms with van der Waals surface area (Å²) in [4.78, 5) is -0.286. The number of sulfonamides is 1. The van der Waals surface area contributed by atoms with E-state index in [9.17, 15) is 12.8 Å². The van der Waals surface area contributed by atoms with Crippen molar-refractivity contribution in [3.63, 3.8) is 0 Å². The molecule has 6 heteroatoms. The second kappa shape index (κ2) is 5.57. The highest BCUT2D eigenvalue weighted by Gasteiger charge is 2.34. The molecule has 1 aromatic rings. The number of nitrogens with two attached hydrogens (primary N) is 1. The van der Waals surface area contributed by atoms with E-state index in [0.29, 0.717) is 19.0 Å². The SMILES string of the molecule is CC(C)(C)C1CCN(S(=O)(=O)c2ccc(N)cc2F)CC1. The van der Waals surface area contributed by atoms with Crippen molar-refractivity contribution >= 4 is 15.7 Å². The number of hydrogen-bond acceptors (Lipinski definition) is 3. The molecule has 0 bridgehead atoms. The van der Waals surface area contributed by atoms with Crippen molar-refractivity contribution in [3.05, 3.63) is 24.0 Å². The summed E-state index contributed by atoms with van der Waals surface area (Å²) in [6, 6.07) is 3.71. The molecule has 0 spiro atoms. The van der Waals surface area contributed by atoms with Gasteiger partial charge >= 0.3 is 0 Å². The van der Waals surface area contributed by atoms with E-state index in [1.807, 2.05) is 0 Å². The van der Waals surface area contributed by atoms with E-state index < -0.39 is 15.8 Å². The monoisotopic (exact) mass is 314 g/mol. The molecule has 0 aromatic heterocycles. The lowest BCUT2D eigenvalue weighted by Gasteiger charge is -2.38. The van der Waals surface area contributed by atoms with Crippen molar-refractivity contribution < 1.29 is 12.8 Å². The van der Waals surface area contributed by atoms with Crippen LogP contribution in [0, 0.1) is 17.2 Å². The number of nitrogens with zero attached hydrogens (tertiary/aromatic N) is 1. The molecule has 0 radical (unpaired) electrons. The van der Waals surface area contributed by atoms with Crippen LogP contribution in [0.1, 0.15) is 33.6 Å². The molecule has 1 aliphatic heterocycles. The van der Waals surface area contributed by atoms with Gasteiger partial charge in [0.1, 0.15) is 10.7 Å². The van der Waals surface area contributed by atoms with Gasteiger partial charge in [-0.3, -0.25) is 0 Å². The van der Waals surface area contributed by atoms with Crippen LogP contribution in [-0.4, -0.2) is 25.8 Å². The molecule has 1 aromatic carbocycles. The van der Waals surface area contributed by atoms with Crippen LogP contribution >= 0.6 is 0 Å². The summed E-state index contributed by atoms with van der Waals surface area (Å²) in [6.07, 6.45) is 1.61. The fourth-order valence-corrected chi connectivity index (χ4v) is 4.34. The van der Waals surface area contributed by atoms with Crippen molar-refractivity contribution in [3.8, 4) is 0 Å². The highest BCUT2D eigenvalue weighted by atomic mass is 32.2. The van der Waals surface area contributed by atoms with Gasteiger partial charge in [-0.15, -0.1) is 0 Å². The maximum absolute atomic E-state index is 13.9. The van der Waals surface area contributed by atoms with Crippen LogP contribution in [-0.2, 0) is 10.0 Å². The maximum atomic E-state index is 13.9. The Morgan fingerprint density at radius 3 is 2.29 bits per heavy atom. The van der Waals surface area contributed by atoms with Crippen molar-refractivity contribution in [1.29, 1.82) is 0 Å². The Bertz CT molecular complexity index is 615. The number of benzene rings is 1. The summed E-state index contributed by atoms with van der Waals surface area (Å²) in [5.74, 6) is -0.298. The Kier molecular flexibility index (Phi) is 4.31. The van der Waals surface area contributed by atoms with Crippen LogP contribution in [0.15, 0.2) is 23.1 Å². The Morgan fingerprint density at radius 1 is 1.24 bits per heavy atom. The van der Waals surface area contributed by atoms with Gasteiger partial charge in [0.2, 0.25) is 10.0 Å². The van der Waals surface area contributed by atoms with Crippen molar-refractivity contribution in [2.24, 2.45) is 11.3 Å². The van der Waals surface area contributed by atoms with Crippen molar-refractivity contribution in [2.75, 3.05) is 18.8 Å². The zero-order valence-electron chi connectivity index (χ0n) is 12.8. The molecule has 21 heavy (non-hydrogen) atoms. The molecule has 4 nitrogen and oxygen atoms in total. The van der Waals surface area contributed by atoms with E-state index in [1.165, 1.54) is 16.4 Å². The van der Waals surface area contributed by atoms with Crippen LogP contribution in [0.3, 0.4) is 0 Å². The average molecular weight is 314 g/mol. The van der Waals surface area contributed by atoms with Crippen LogP contribution < -0.4 is 5.73 Å². The zero-order valence-corrected chi connectivity index (χ0v) is 13.6. The lowest BCUT2D eigenvalue weighted by atomic mass is 9.76. The summed E-state index contributed by atoms with van der Waals surface area (Å²) < 4.78 is 40.3. The number of hydrogen-bond donors (Lipinski definition) is 1. The molecule has 0 unspecified atom stereocenters. The number of rotatable bonds is 2. The summed E-state index contributed by atoms with van der Waals surface area (Å²) in [7, 11) is -3.78. The van der Waals surface area contributed by atoms with E-state index in [2.05, 4.69) is 20.8 Å². The van der Waals surface area contributed by atoms with Crippen LogP contribution in [0.2, 0.25) is 0 Å². The van der Waals surface area contributed by atoms with Gasteiger partial charge in [0.25, 0.3) is 0 Å². The zero-order chi connectivity index (χ0) is 15.8. The molecule has 1 aliphatic rings. The number of halogens is 1. The van der Waals surface area contributed by atoms with Gasteiger partial charge in [-0.1, -0.05) is 20.8 Å². The topological polar surface area (TPSA) is 63.4 Å². The first-order valence-electron chi connectivity index (χ1n) is 7.17. The molecular weight excluding hydrogens is 291 g/mol. The predicted octanol–water partition coefficient (Wildman–Crippen LogP) is 2.85. The Morgan fingerprint density at radius 2 is 1.81 bits per heavy atom. The van der Waals surface area contributed by atoms with Gasteiger partial charge in [-0.05, 0) is 42.4 Å². The Balaban J connectivity index is 2.19. The molecule has 1 saturated heterocycles. The van der Waals surface area contributed by atoms with Gasteiger partial charge in [0, 0.05) is 18.8 Å². The summed E-state index contributed by atoms with van der Waals surface area (Å²) >= 11 is 0. The lowest BCUT2D eigenvalue weighted by molar-refractivity contribution is 0.154. The fourth-order valence-electron chi connectivity index (χ4n) is 2.83. The third-order valence-corrected chi connectivity index (χ3v) is 6.18. The molecule has 0 amide bonds. The second-order valence-electron chi connectivity index (χ2n) is 6.73. The van der Waals surface area contributed by atoms with Crippen LogP contribution in [0.4, 0.5) is 10.1 Å². The largest absolute Gasteiger partial charge is 0.399 e. The molecule has 2 rings (SSSR count). The molecule has 1 fully saturated rings. The van der Waals surface area contributed by atoms with Crippen molar-refractivity contribution in [2.45, 2.75) is 38.5 Å². The van der Waals surface area contributed by atoms with Gasteiger partial charge in [-0.25, -0.2) is 12.8 Å². The van der Waals surface area contributed by atoms with E-state index in [1.54, 1.807) is 0 Å². The Hall–Kier alpha value is -1.14. The van der Waals surface area contributed by atoms with E-state index >= 15 is 0 Å². The smallest absolute Gasteiger partial charge is 0.245 e. The third kappa shape index (κ3) is 3.37. The normalized spacial score (nSPS) is 18.9. The Labute approximate surface area is 126 Å². The predicted molar refractivity (Wildman–Crippen MR) is 81.8 cm³/mol. The number of piperidine rings is 1. The number of nitrogen functional groups attached to an aromatic ring is 1. The van der Waals surface area contributed by atoms with Gasteiger partial charge in [-0.2, -0.15) is 4.31 Å². The van der Waals surface area contributed by atoms with Gasteiger partial charge in [0.05, 0.1) is 0 Å². The highest BCUT2D eigenvalue weighted by molar-refractivity contribution is 7.89. The molecule has 118 valence electrons. The van der Waals surface area contributed by atoms with Gasteiger partial charge in [0.15, 0.2) is 0 Å². The minimum atomic E-state index is -3.78. The minimum absolute atomic E-state index is 0.169. The standard InChI is InChI=1S/C15H23FN2O2S/c1-15(2,3)11-6-8-18(9-7-11)21(19,20)14-5-4-12(17)10-13(14)16/h4-5,10-11H,6-9,17H2,1-3H3. The second-order valence-corrected chi connectivity index (χ2v) is 8.64. The molecule has 2 N–H and O–H groups in total. The molecule has 0 aliphatic carbocycles. The van der Waals surface area contributed by atoms with E-state index in [4.69, 9.17) is 5.73 Å². The first-order chi connectivity index (χ1) is 9.62. The minimum Gasteiger partial charge on any atom is -0.399 e. The lowest BCUT2D eigenvalue weighted by Crippen LogP contribution is -2.41. The third-order valence-electron chi connectivity index (χ3n) is 4.25. The van der Waals surface area contributed by atoms with Crippen LogP contribution in [0.5, 0.6) is 0 Å². The summed E-state index contributed by atoms with van der Waals surface area (Å²) in [5.41, 5.74) is 5.86. The van der Waals surface area contributed by atoms with Crippen molar-refractivity contribution in [1.82, 2.24) is 4.31 Å². The molecule has 1 heterocycles. The van der Waals surface area contributed by atoms with E-state index in [0.717, 1.165) is 18.9 Å². The fraction of sp³-hybridized carbons (Fsp3) is 0.600. The maximum Gasteiger partial charge on any atom is 0.245 e. The van der Waals surface area contributed by atoms with Gasteiger partial charge < -0.3 is 5.73 Å². The summed E-state index contributed by atoms with van der Waals surface area (Å²) in [5, 5.41) is 0.